The van der Waals surface area contributed by atoms with E-state index in [2.05, 4.69) is 37.2 Å². The highest BCUT2D eigenvalue weighted by molar-refractivity contribution is 9.11. The van der Waals surface area contributed by atoms with Crippen LogP contribution < -0.4 is 5.32 Å². The van der Waals surface area contributed by atoms with E-state index in [-0.39, 0.29) is 12.5 Å². The van der Waals surface area contributed by atoms with E-state index in [4.69, 9.17) is 0 Å². The molecule has 1 amide bonds. The molecule has 2 aromatic carbocycles. The summed E-state index contributed by atoms with van der Waals surface area (Å²) < 4.78 is 1.54. The Kier molecular flexibility index (Phi) is 5.34. The lowest BCUT2D eigenvalue weighted by Gasteiger charge is -2.13. The molecule has 104 valence electrons. The van der Waals surface area contributed by atoms with Gasteiger partial charge in [-0.2, -0.15) is 0 Å². The van der Waals surface area contributed by atoms with Crippen LogP contribution in [0.2, 0.25) is 0 Å². The van der Waals surface area contributed by atoms with Crippen LogP contribution in [-0.4, -0.2) is 17.6 Å². The summed E-state index contributed by atoms with van der Waals surface area (Å²) in [7, 11) is 0. The minimum atomic E-state index is -0.717. The normalized spacial score (nSPS) is 11.9. The zero-order valence-electron chi connectivity index (χ0n) is 10.5. The van der Waals surface area contributed by atoms with Crippen LogP contribution in [0.4, 0.5) is 0 Å². The maximum Gasteiger partial charge on any atom is 0.252 e. The molecular formula is C15H13Br2NO2. The molecule has 0 aromatic heterocycles. The molecule has 0 saturated carbocycles. The zero-order chi connectivity index (χ0) is 14.5. The largest absolute Gasteiger partial charge is 0.387 e. The van der Waals surface area contributed by atoms with Crippen LogP contribution in [0.1, 0.15) is 22.0 Å². The van der Waals surface area contributed by atoms with Gasteiger partial charge in [-0.25, -0.2) is 0 Å². The highest BCUT2D eigenvalue weighted by atomic mass is 79.9. The van der Waals surface area contributed by atoms with Gasteiger partial charge in [0.05, 0.1) is 11.7 Å². The van der Waals surface area contributed by atoms with Crippen molar-refractivity contribution in [2.75, 3.05) is 6.54 Å². The Morgan fingerprint density at radius 2 is 1.85 bits per heavy atom. The van der Waals surface area contributed by atoms with E-state index < -0.39 is 6.10 Å². The van der Waals surface area contributed by atoms with Crippen LogP contribution in [0.25, 0.3) is 0 Å². The number of amides is 1. The lowest BCUT2D eigenvalue weighted by molar-refractivity contribution is 0.0915. The molecule has 0 spiro atoms. The number of hydrogen-bond donors (Lipinski definition) is 2. The van der Waals surface area contributed by atoms with Gasteiger partial charge in [-0.05, 0) is 39.7 Å². The van der Waals surface area contributed by atoms with Gasteiger partial charge < -0.3 is 10.4 Å². The second-order valence-electron chi connectivity index (χ2n) is 4.26. The average molecular weight is 399 g/mol. The molecule has 5 heteroatoms. The first-order valence-electron chi connectivity index (χ1n) is 6.04. The standard InChI is InChI=1S/C15H13Br2NO2/c16-11-6-7-13(17)12(8-11)15(20)18-9-14(19)10-4-2-1-3-5-10/h1-8,14,19H,9H2,(H,18,20). The third-order valence-electron chi connectivity index (χ3n) is 2.81. The molecule has 3 nitrogen and oxygen atoms in total. The molecule has 0 aliphatic carbocycles. The predicted molar refractivity (Wildman–Crippen MR) is 85.6 cm³/mol. The van der Waals surface area contributed by atoms with Crippen molar-refractivity contribution >= 4 is 37.8 Å². The number of aliphatic hydroxyl groups excluding tert-OH is 1. The van der Waals surface area contributed by atoms with Crippen LogP contribution in [-0.2, 0) is 0 Å². The van der Waals surface area contributed by atoms with Gasteiger partial charge in [-0.1, -0.05) is 46.3 Å². The minimum Gasteiger partial charge on any atom is -0.387 e. The molecule has 0 radical (unpaired) electrons. The summed E-state index contributed by atoms with van der Waals surface area (Å²) in [5, 5.41) is 12.7. The Labute approximate surface area is 134 Å². The second-order valence-corrected chi connectivity index (χ2v) is 6.03. The first-order valence-corrected chi connectivity index (χ1v) is 7.63. The minimum absolute atomic E-state index is 0.168. The van der Waals surface area contributed by atoms with Gasteiger partial charge in [0, 0.05) is 15.5 Å². The number of rotatable bonds is 4. The first kappa shape index (κ1) is 15.2. The quantitative estimate of drug-likeness (QED) is 0.825. The molecule has 0 fully saturated rings. The fourth-order valence-electron chi connectivity index (χ4n) is 1.75. The Balaban J connectivity index is 2.00. The van der Waals surface area contributed by atoms with Crippen LogP contribution in [0, 0.1) is 0 Å². The molecule has 1 unspecified atom stereocenters. The summed E-state index contributed by atoms with van der Waals surface area (Å²) in [5.41, 5.74) is 1.31. The van der Waals surface area contributed by atoms with Gasteiger partial charge in [0.2, 0.25) is 0 Å². The Bertz CT molecular complexity index is 602. The lowest BCUT2D eigenvalue weighted by Crippen LogP contribution is -2.28. The van der Waals surface area contributed by atoms with E-state index in [1.807, 2.05) is 36.4 Å². The van der Waals surface area contributed by atoms with E-state index in [0.29, 0.717) is 10.0 Å². The molecular weight excluding hydrogens is 386 g/mol. The topological polar surface area (TPSA) is 49.3 Å². The van der Waals surface area contributed by atoms with Gasteiger partial charge in [0.15, 0.2) is 0 Å². The number of nitrogens with one attached hydrogen (secondary N) is 1. The molecule has 0 bridgehead atoms. The maximum atomic E-state index is 12.1. The fourth-order valence-corrected chi connectivity index (χ4v) is 2.54. The van der Waals surface area contributed by atoms with E-state index in [1.54, 1.807) is 12.1 Å². The zero-order valence-corrected chi connectivity index (χ0v) is 13.7. The average Bonchev–Trinajstić information content (AvgIpc) is 2.47. The molecule has 0 saturated heterocycles. The molecule has 2 rings (SSSR count). The number of benzene rings is 2. The Hall–Kier alpha value is -1.17. The summed E-state index contributed by atoms with van der Waals surface area (Å²) >= 11 is 6.67. The SMILES string of the molecule is O=C(NCC(O)c1ccccc1)c1cc(Br)ccc1Br. The molecule has 0 aliphatic rings. The van der Waals surface area contributed by atoms with Crippen molar-refractivity contribution in [2.24, 2.45) is 0 Å². The smallest absolute Gasteiger partial charge is 0.252 e. The summed E-state index contributed by atoms with van der Waals surface area (Å²) in [5.74, 6) is -0.229. The van der Waals surface area contributed by atoms with Crippen LogP contribution in [0.3, 0.4) is 0 Å². The number of carbonyl (C=O) groups is 1. The van der Waals surface area contributed by atoms with Crippen molar-refractivity contribution in [3.63, 3.8) is 0 Å². The fraction of sp³-hybridized carbons (Fsp3) is 0.133. The highest BCUT2D eigenvalue weighted by Gasteiger charge is 2.13. The van der Waals surface area contributed by atoms with Gasteiger partial charge >= 0.3 is 0 Å². The Morgan fingerprint density at radius 1 is 1.15 bits per heavy atom. The van der Waals surface area contributed by atoms with E-state index in [0.717, 1.165) is 10.0 Å². The number of hydrogen-bond acceptors (Lipinski definition) is 2. The third-order valence-corrected chi connectivity index (χ3v) is 4.00. The van der Waals surface area contributed by atoms with E-state index in [1.165, 1.54) is 0 Å². The van der Waals surface area contributed by atoms with Crippen molar-refractivity contribution in [1.29, 1.82) is 0 Å². The van der Waals surface area contributed by atoms with Crippen molar-refractivity contribution < 1.29 is 9.90 Å². The summed E-state index contributed by atoms with van der Waals surface area (Å²) in [6.07, 6.45) is -0.717. The third kappa shape index (κ3) is 3.91. The van der Waals surface area contributed by atoms with Crippen molar-refractivity contribution in [2.45, 2.75) is 6.10 Å². The number of carbonyl (C=O) groups excluding carboxylic acids is 1. The first-order chi connectivity index (χ1) is 9.58. The highest BCUT2D eigenvalue weighted by Crippen LogP contribution is 2.21. The van der Waals surface area contributed by atoms with Crippen LogP contribution >= 0.6 is 31.9 Å². The summed E-state index contributed by atoms with van der Waals surface area (Å²) in [6, 6.07) is 14.6. The van der Waals surface area contributed by atoms with E-state index in [9.17, 15) is 9.90 Å². The number of halogens is 2. The van der Waals surface area contributed by atoms with Crippen molar-refractivity contribution in [3.8, 4) is 0 Å². The van der Waals surface area contributed by atoms with Crippen LogP contribution in [0.5, 0.6) is 0 Å². The van der Waals surface area contributed by atoms with Gasteiger partial charge in [-0.15, -0.1) is 0 Å². The maximum absolute atomic E-state index is 12.1. The van der Waals surface area contributed by atoms with Crippen molar-refractivity contribution in [1.82, 2.24) is 5.32 Å². The second kappa shape index (κ2) is 7.02. The van der Waals surface area contributed by atoms with Crippen molar-refractivity contribution in [3.05, 3.63) is 68.6 Å². The van der Waals surface area contributed by atoms with E-state index >= 15 is 0 Å². The molecule has 20 heavy (non-hydrogen) atoms. The Morgan fingerprint density at radius 3 is 2.55 bits per heavy atom. The molecule has 2 N–H and O–H groups in total. The molecule has 1 atom stereocenters. The monoisotopic (exact) mass is 397 g/mol. The summed E-state index contributed by atoms with van der Waals surface area (Å²) in [4.78, 5) is 12.1. The number of aliphatic hydroxyl groups is 1. The molecule has 0 aliphatic heterocycles. The van der Waals surface area contributed by atoms with Gasteiger partial charge in [0.1, 0.15) is 0 Å². The van der Waals surface area contributed by atoms with Gasteiger partial charge in [0.25, 0.3) is 5.91 Å². The lowest BCUT2D eigenvalue weighted by atomic mass is 10.1. The summed E-state index contributed by atoms with van der Waals surface area (Å²) in [6.45, 7) is 0.168. The van der Waals surface area contributed by atoms with Gasteiger partial charge in [-0.3, -0.25) is 4.79 Å². The predicted octanol–water partition coefficient (Wildman–Crippen LogP) is 3.68. The van der Waals surface area contributed by atoms with Crippen LogP contribution in [0.15, 0.2) is 57.5 Å². The molecule has 0 heterocycles. The molecule has 2 aromatic rings.